The fourth-order valence-corrected chi connectivity index (χ4v) is 4.88. The molecule has 1 atom stereocenters. The van der Waals surface area contributed by atoms with Crippen LogP contribution in [0.3, 0.4) is 0 Å². The van der Waals surface area contributed by atoms with Crippen molar-refractivity contribution in [2.45, 2.75) is 25.3 Å². The highest BCUT2D eigenvalue weighted by Gasteiger charge is 2.37. The number of carbonyl (C=O) groups excluding carboxylic acids is 3. The predicted molar refractivity (Wildman–Crippen MR) is 109 cm³/mol. The molecule has 0 bridgehead atoms. The molecule has 3 aromatic rings. The molecule has 3 amide bonds. The number of benzene rings is 1. The standard InChI is InChI=1S/C22H19N3O4S/c26-20(24-8-1-3-15(12-24)19-23-7-10-30-19)14-5-6-17-18(11-14)22(28)25(21(17)27)13-16-4-2-9-29-16/h2,4-7,9-11,15H,1,3,8,12-13H2. The van der Waals surface area contributed by atoms with Gasteiger partial charge in [-0.15, -0.1) is 11.3 Å². The molecule has 0 aliphatic carbocycles. The Morgan fingerprint density at radius 2 is 2.07 bits per heavy atom. The van der Waals surface area contributed by atoms with E-state index in [1.807, 2.05) is 10.3 Å². The SMILES string of the molecule is O=C(c1ccc2c(c1)C(=O)N(Cc1ccco1)C2=O)N1CCCC(c2nccs2)C1. The number of likely N-dealkylation sites (tertiary alicyclic amines) is 1. The molecular weight excluding hydrogens is 402 g/mol. The van der Waals surface area contributed by atoms with E-state index in [0.29, 0.717) is 30.0 Å². The van der Waals surface area contributed by atoms with Gasteiger partial charge < -0.3 is 9.32 Å². The van der Waals surface area contributed by atoms with E-state index in [2.05, 4.69) is 4.98 Å². The van der Waals surface area contributed by atoms with Gasteiger partial charge in [-0.05, 0) is 43.2 Å². The zero-order valence-electron chi connectivity index (χ0n) is 16.1. The summed E-state index contributed by atoms with van der Waals surface area (Å²) in [5, 5.41) is 3.00. The number of fused-ring (bicyclic) bond motifs is 1. The molecule has 2 aliphatic heterocycles. The van der Waals surface area contributed by atoms with Crippen LogP contribution in [0, 0.1) is 0 Å². The van der Waals surface area contributed by atoms with Crippen molar-refractivity contribution in [1.82, 2.24) is 14.8 Å². The molecular formula is C22H19N3O4S. The van der Waals surface area contributed by atoms with E-state index in [0.717, 1.165) is 22.7 Å². The van der Waals surface area contributed by atoms with E-state index in [1.165, 1.54) is 6.26 Å². The summed E-state index contributed by atoms with van der Waals surface area (Å²) in [6.45, 7) is 1.36. The van der Waals surface area contributed by atoms with Crippen molar-refractivity contribution in [3.05, 3.63) is 75.6 Å². The fraction of sp³-hybridized carbons (Fsp3) is 0.273. The van der Waals surface area contributed by atoms with Crippen LogP contribution in [0.5, 0.6) is 0 Å². The van der Waals surface area contributed by atoms with Crippen molar-refractivity contribution < 1.29 is 18.8 Å². The number of furan rings is 1. The zero-order chi connectivity index (χ0) is 20.7. The molecule has 0 saturated carbocycles. The predicted octanol–water partition coefficient (Wildman–Crippen LogP) is 3.55. The Morgan fingerprint density at radius 1 is 1.20 bits per heavy atom. The van der Waals surface area contributed by atoms with Crippen molar-refractivity contribution in [3.63, 3.8) is 0 Å². The maximum Gasteiger partial charge on any atom is 0.261 e. The van der Waals surface area contributed by atoms with Crippen LogP contribution < -0.4 is 0 Å². The van der Waals surface area contributed by atoms with Crippen LogP contribution in [0.15, 0.2) is 52.6 Å². The Kier molecular flexibility index (Phi) is 4.71. The summed E-state index contributed by atoms with van der Waals surface area (Å²) < 4.78 is 5.26. The van der Waals surface area contributed by atoms with Gasteiger partial charge in [-0.25, -0.2) is 4.98 Å². The fourth-order valence-electron chi connectivity index (χ4n) is 4.11. The smallest absolute Gasteiger partial charge is 0.261 e. The Bertz CT molecular complexity index is 1110. The maximum atomic E-state index is 13.1. The van der Waals surface area contributed by atoms with Gasteiger partial charge in [-0.1, -0.05) is 0 Å². The number of thiazole rings is 1. The summed E-state index contributed by atoms with van der Waals surface area (Å²) in [6, 6.07) is 8.19. The van der Waals surface area contributed by atoms with Gasteiger partial charge in [0.2, 0.25) is 0 Å². The molecule has 152 valence electrons. The summed E-state index contributed by atoms with van der Waals surface area (Å²) in [4.78, 5) is 46.0. The highest BCUT2D eigenvalue weighted by atomic mass is 32.1. The second-order valence-corrected chi connectivity index (χ2v) is 8.42. The molecule has 1 saturated heterocycles. The van der Waals surface area contributed by atoms with E-state index >= 15 is 0 Å². The second-order valence-electron chi connectivity index (χ2n) is 7.50. The van der Waals surface area contributed by atoms with Crippen LogP contribution in [0.25, 0.3) is 0 Å². The van der Waals surface area contributed by atoms with Crippen LogP contribution in [-0.4, -0.2) is 45.6 Å². The third kappa shape index (κ3) is 3.23. The lowest BCUT2D eigenvalue weighted by atomic mass is 9.97. The molecule has 1 aromatic carbocycles. The molecule has 0 N–H and O–H groups in total. The van der Waals surface area contributed by atoms with E-state index in [-0.39, 0.29) is 29.8 Å². The minimum atomic E-state index is -0.402. The van der Waals surface area contributed by atoms with Crippen molar-refractivity contribution >= 4 is 29.1 Å². The molecule has 2 aliphatic rings. The van der Waals surface area contributed by atoms with E-state index < -0.39 is 5.91 Å². The van der Waals surface area contributed by atoms with Gasteiger partial charge in [-0.2, -0.15) is 0 Å². The lowest BCUT2D eigenvalue weighted by molar-refractivity contribution is 0.0631. The van der Waals surface area contributed by atoms with Gasteiger partial charge in [0.25, 0.3) is 17.7 Å². The minimum Gasteiger partial charge on any atom is -0.467 e. The summed E-state index contributed by atoms with van der Waals surface area (Å²) in [5.74, 6) is -0.122. The lowest BCUT2D eigenvalue weighted by Crippen LogP contribution is -2.39. The Hall–Kier alpha value is -3.26. The van der Waals surface area contributed by atoms with Gasteiger partial charge in [0, 0.05) is 36.1 Å². The van der Waals surface area contributed by atoms with Gasteiger partial charge in [0.1, 0.15) is 5.76 Å². The van der Waals surface area contributed by atoms with Crippen molar-refractivity contribution in [3.8, 4) is 0 Å². The van der Waals surface area contributed by atoms with Gasteiger partial charge in [0.15, 0.2) is 0 Å². The van der Waals surface area contributed by atoms with Crippen molar-refractivity contribution in [2.75, 3.05) is 13.1 Å². The number of rotatable bonds is 4. The maximum absolute atomic E-state index is 13.1. The molecule has 0 radical (unpaired) electrons. The Morgan fingerprint density at radius 3 is 2.83 bits per heavy atom. The molecule has 8 heteroatoms. The van der Waals surface area contributed by atoms with Crippen molar-refractivity contribution in [1.29, 1.82) is 0 Å². The first kappa shape index (κ1) is 18.7. The Balaban J connectivity index is 1.36. The van der Waals surface area contributed by atoms with Crippen molar-refractivity contribution in [2.24, 2.45) is 0 Å². The molecule has 5 rings (SSSR count). The normalized spacial score (nSPS) is 18.7. The first-order valence-corrected chi connectivity index (χ1v) is 10.7. The number of imide groups is 1. The van der Waals surface area contributed by atoms with E-state index in [4.69, 9.17) is 4.42 Å². The molecule has 1 fully saturated rings. The topological polar surface area (TPSA) is 83.7 Å². The second kappa shape index (κ2) is 7.53. The largest absolute Gasteiger partial charge is 0.467 e. The van der Waals surface area contributed by atoms with E-state index in [9.17, 15) is 14.4 Å². The van der Waals surface area contributed by atoms with Crippen LogP contribution in [-0.2, 0) is 6.54 Å². The first-order valence-electron chi connectivity index (χ1n) is 9.83. The highest BCUT2D eigenvalue weighted by molar-refractivity contribution is 7.09. The van der Waals surface area contributed by atoms with Gasteiger partial charge >= 0.3 is 0 Å². The number of amides is 3. The monoisotopic (exact) mass is 421 g/mol. The number of aromatic nitrogens is 1. The number of nitrogens with zero attached hydrogens (tertiary/aromatic N) is 3. The highest BCUT2D eigenvalue weighted by Crippen LogP contribution is 2.30. The van der Waals surface area contributed by atoms with Gasteiger partial charge in [0.05, 0.1) is 28.9 Å². The Labute approximate surface area is 176 Å². The van der Waals surface area contributed by atoms with E-state index in [1.54, 1.807) is 47.9 Å². The minimum absolute atomic E-state index is 0.0737. The van der Waals surface area contributed by atoms with Crippen LogP contribution in [0.1, 0.15) is 60.6 Å². The van der Waals surface area contributed by atoms with Crippen LogP contribution in [0.4, 0.5) is 0 Å². The van der Waals surface area contributed by atoms with Gasteiger partial charge in [-0.3, -0.25) is 19.3 Å². The van der Waals surface area contributed by atoms with Crippen LogP contribution >= 0.6 is 11.3 Å². The molecule has 30 heavy (non-hydrogen) atoms. The number of piperidine rings is 1. The third-order valence-corrected chi connectivity index (χ3v) is 6.56. The quantitative estimate of drug-likeness (QED) is 0.602. The number of hydrogen-bond donors (Lipinski definition) is 0. The molecule has 0 spiro atoms. The van der Waals surface area contributed by atoms with Crippen LogP contribution in [0.2, 0.25) is 0 Å². The third-order valence-electron chi connectivity index (χ3n) is 5.62. The average molecular weight is 421 g/mol. The zero-order valence-corrected chi connectivity index (χ0v) is 16.9. The summed E-state index contributed by atoms with van der Waals surface area (Å²) in [5.41, 5.74) is 1.02. The molecule has 2 aromatic heterocycles. The lowest BCUT2D eigenvalue weighted by Gasteiger charge is -2.32. The summed E-state index contributed by atoms with van der Waals surface area (Å²) in [7, 11) is 0. The first-order chi connectivity index (χ1) is 14.6. The number of carbonyl (C=O) groups is 3. The summed E-state index contributed by atoms with van der Waals surface area (Å²) >= 11 is 1.61. The average Bonchev–Trinajstić information content (AvgIpc) is 3.53. The molecule has 1 unspecified atom stereocenters. The molecule has 4 heterocycles. The number of hydrogen-bond acceptors (Lipinski definition) is 6. The molecule has 7 nitrogen and oxygen atoms in total. The summed E-state index contributed by atoms with van der Waals surface area (Å²) in [6.07, 6.45) is 5.21.